The van der Waals surface area contributed by atoms with Crippen LogP contribution < -0.4 is 20.9 Å². The number of rotatable bonds is 14. The molecule has 0 saturated heterocycles. The maximum atomic E-state index is 12.1. The van der Waals surface area contributed by atoms with Crippen LogP contribution in [-0.2, 0) is 28.0 Å². The molecule has 0 fully saturated rings. The number of nitrogens with zero attached hydrogens (tertiary/aromatic N) is 3. The molecule has 0 amide bonds. The highest BCUT2D eigenvalue weighted by Crippen LogP contribution is 2.13. The molecule has 2 aromatic heterocycles. The summed E-state index contributed by atoms with van der Waals surface area (Å²) in [6.07, 6.45) is 5.66. The Morgan fingerprint density at radius 1 is 1.34 bits per heavy atom. The molecule has 14 heteroatoms. The van der Waals surface area contributed by atoms with E-state index in [-0.39, 0.29) is 24.7 Å². The molecule has 0 aliphatic rings. The third kappa shape index (κ3) is 7.86. The lowest BCUT2D eigenvalue weighted by Gasteiger charge is -2.14. The lowest BCUT2D eigenvalue weighted by Crippen LogP contribution is -2.46. The van der Waals surface area contributed by atoms with Crippen molar-refractivity contribution >= 4 is 16.2 Å². The second-order valence-corrected chi connectivity index (χ2v) is 7.92. The highest BCUT2D eigenvalue weighted by molar-refractivity contribution is 7.87. The van der Waals surface area contributed by atoms with Crippen LogP contribution in [0, 0.1) is 0 Å². The molecule has 2 heterocycles. The fourth-order valence-corrected chi connectivity index (χ4v) is 3.45. The first-order valence-electron chi connectivity index (χ1n) is 9.06. The van der Waals surface area contributed by atoms with Crippen molar-refractivity contribution in [3.8, 4) is 0 Å². The van der Waals surface area contributed by atoms with Crippen LogP contribution >= 0.6 is 0 Å². The van der Waals surface area contributed by atoms with Crippen LogP contribution in [0.25, 0.3) is 0 Å². The molecular weight excluding hydrogens is 404 g/mol. The van der Waals surface area contributed by atoms with E-state index in [1.54, 1.807) is 12.5 Å². The minimum Gasteiger partial charge on any atom is -0.480 e. The smallest absolute Gasteiger partial charge is 0.321 e. The Hall–Kier alpha value is -2.39. The van der Waals surface area contributed by atoms with Crippen molar-refractivity contribution in [3.05, 3.63) is 29.9 Å². The number of carbonyl (C=O) groups is 1. The maximum absolute atomic E-state index is 12.1. The first-order valence-corrected chi connectivity index (χ1v) is 10.5. The lowest BCUT2D eigenvalue weighted by atomic mass is 10.1. The summed E-state index contributed by atoms with van der Waals surface area (Å²) < 4.78 is 33.5. The monoisotopic (exact) mass is 430 g/mol. The number of aliphatic carboxylic acids is 1. The van der Waals surface area contributed by atoms with Crippen molar-refractivity contribution < 1.29 is 22.8 Å². The SMILES string of the molecule is NCCCC[C@H](NS(=O)(=O)NCc1nc([C@@H](N)CCc2cnc[nH]2)no1)C(=O)O. The van der Waals surface area contributed by atoms with Crippen molar-refractivity contribution in [2.45, 2.75) is 50.7 Å². The van der Waals surface area contributed by atoms with Gasteiger partial charge in [-0.2, -0.15) is 22.8 Å². The molecule has 29 heavy (non-hydrogen) atoms. The number of nitrogens with one attached hydrogen (secondary N) is 3. The molecular formula is C15H26N8O5S. The molecule has 8 N–H and O–H groups in total. The van der Waals surface area contributed by atoms with Crippen LogP contribution in [0.15, 0.2) is 17.0 Å². The fraction of sp³-hybridized carbons (Fsp3) is 0.600. The van der Waals surface area contributed by atoms with Gasteiger partial charge in [0.15, 0.2) is 5.82 Å². The minimum absolute atomic E-state index is 0.0115. The molecule has 2 atom stereocenters. The minimum atomic E-state index is -4.09. The Morgan fingerprint density at radius 2 is 2.14 bits per heavy atom. The maximum Gasteiger partial charge on any atom is 0.321 e. The quantitative estimate of drug-likeness (QED) is 0.199. The van der Waals surface area contributed by atoms with E-state index in [1.165, 1.54) is 0 Å². The number of nitrogens with two attached hydrogens (primary N) is 2. The molecule has 0 saturated carbocycles. The van der Waals surface area contributed by atoms with Gasteiger partial charge in [0, 0.05) is 11.9 Å². The van der Waals surface area contributed by atoms with Gasteiger partial charge < -0.3 is 26.1 Å². The van der Waals surface area contributed by atoms with Gasteiger partial charge in [0.2, 0.25) is 5.89 Å². The molecule has 2 aromatic rings. The van der Waals surface area contributed by atoms with Gasteiger partial charge in [-0.3, -0.25) is 4.79 Å². The molecule has 0 radical (unpaired) electrons. The van der Waals surface area contributed by atoms with Gasteiger partial charge >= 0.3 is 5.97 Å². The summed E-state index contributed by atoms with van der Waals surface area (Å²) in [5.41, 5.74) is 12.3. The van der Waals surface area contributed by atoms with Gasteiger partial charge in [0.1, 0.15) is 6.04 Å². The van der Waals surface area contributed by atoms with Crippen molar-refractivity contribution in [2.75, 3.05) is 6.54 Å². The number of aromatic nitrogens is 4. The molecule has 0 unspecified atom stereocenters. The molecule has 0 spiro atoms. The van der Waals surface area contributed by atoms with Crippen molar-refractivity contribution in [3.63, 3.8) is 0 Å². The number of imidazole rings is 1. The predicted molar refractivity (Wildman–Crippen MR) is 101 cm³/mol. The van der Waals surface area contributed by atoms with E-state index in [4.69, 9.17) is 21.1 Å². The first-order chi connectivity index (χ1) is 13.8. The number of unbranched alkanes of at least 4 members (excludes halogenated alkanes) is 1. The van der Waals surface area contributed by atoms with Crippen LogP contribution in [-0.4, -0.2) is 52.2 Å². The third-order valence-corrected chi connectivity index (χ3v) is 5.17. The number of carboxylic acid groups (broad SMARTS) is 1. The van der Waals surface area contributed by atoms with Crippen LogP contribution in [0.1, 0.15) is 49.1 Å². The zero-order valence-corrected chi connectivity index (χ0v) is 16.6. The molecule has 2 rings (SSSR count). The standard InChI is InChI=1S/C15H26N8O5S/c16-6-2-1-3-12(15(24)25)23-29(26,27)20-8-13-21-14(22-28-13)11(17)5-4-10-7-18-9-19-10/h7,9,11-12,20,23H,1-6,8,16-17H2,(H,18,19)(H,24,25)/t11-,12-/m0/s1. The van der Waals surface area contributed by atoms with Crippen LogP contribution in [0.5, 0.6) is 0 Å². The number of hydrogen-bond donors (Lipinski definition) is 6. The largest absolute Gasteiger partial charge is 0.480 e. The van der Waals surface area contributed by atoms with Crippen LogP contribution in [0.4, 0.5) is 0 Å². The van der Waals surface area contributed by atoms with E-state index < -0.39 is 28.3 Å². The van der Waals surface area contributed by atoms with E-state index in [9.17, 15) is 13.2 Å². The van der Waals surface area contributed by atoms with Crippen molar-refractivity contribution in [2.24, 2.45) is 11.5 Å². The van der Waals surface area contributed by atoms with Gasteiger partial charge in [-0.25, -0.2) is 4.98 Å². The average molecular weight is 430 g/mol. The number of H-pyrrole nitrogens is 1. The topological polar surface area (TPSA) is 215 Å². The van der Waals surface area contributed by atoms with Crippen LogP contribution in [0.2, 0.25) is 0 Å². The highest BCUT2D eigenvalue weighted by Gasteiger charge is 2.24. The number of aryl methyl sites for hydroxylation is 1. The summed E-state index contributed by atoms with van der Waals surface area (Å²) >= 11 is 0. The van der Waals surface area contributed by atoms with Gasteiger partial charge in [0.25, 0.3) is 10.2 Å². The zero-order chi connectivity index (χ0) is 21.3. The lowest BCUT2D eigenvalue weighted by molar-refractivity contribution is -0.139. The molecule has 0 aliphatic carbocycles. The first kappa shape index (κ1) is 22.9. The summed E-state index contributed by atoms with van der Waals surface area (Å²) in [4.78, 5) is 22.2. The van der Waals surface area contributed by atoms with Gasteiger partial charge in [0.05, 0.1) is 18.9 Å². The van der Waals surface area contributed by atoms with Gasteiger partial charge in [-0.05, 0) is 32.2 Å². The second kappa shape index (κ2) is 11.0. The van der Waals surface area contributed by atoms with E-state index in [0.717, 1.165) is 5.69 Å². The van der Waals surface area contributed by atoms with E-state index in [2.05, 4.69) is 29.6 Å². The Balaban J connectivity index is 1.84. The fourth-order valence-electron chi connectivity index (χ4n) is 2.46. The normalized spacial score (nSPS) is 14.0. The van der Waals surface area contributed by atoms with Gasteiger partial charge in [-0.1, -0.05) is 11.6 Å². The Bertz CT molecular complexity index is 854. The molecule has 0 bridgehead atoms. The van der Waals surface area contributed by atoms with E-state index >= 15 is 0 Å². The summed E-state index contributed by atoms with van der Waals surface area (Å²) in [5, 5.41) is 12.9. The highest BCUT2D eigenvalue weighted by atomic mass is 32.2. The Kier molecular flexibility index (Phi) is 8.66. The van der Waals surface area contributed by atoms with Gasteiger partial charge in [-0.15, -0.1) is 0 Å². The molecule has 162 valence electrons. The van der Waals surface area contributed by atoms with Crippen LogP contribution in [0.3, 0.4) is 0 Å². The summed E-state index contributed by atoms with van der Waals surface area (Å²) in [6.45, 7) is 0.103. The summed E-state index contributed by atoms with van der Waals surface area (Å²) in [6, 6.07) is -1.75. The summed E-state index contributed by atoms with van der Waals surface area (Å²) in [5.74, 6) is -1.01. The van der Waals surface area contributed by atoms with E-state index in [0.29, 0.717) is 32.2 Å². The Labute approximate surface area is 167 Å². The summed E-state index contributed by atoms with van der Waals surface area (Å²) in [7, 11) is -4.09. The number of carboxylic acids is 1. The van der Waals surface area contributed by atoms with Crippen molar-refractivity contribution in [1.82, 2.24) is 29.6 Å². The molecule has 0 aromatic carbocycles. The Morgan fingerprint density at radius 3 is 2.79 bits per heavy atom. The predicted octanol–water partition coefficient (Wildman–Crippen LogP) is -1.07. The average Bonchev–Trinajstić information content (AvgIpc) is 3.35. The number of hydrogen-bond acceptors (Lipinski definition) is 9. The second-order valence-electron chi connectivity index (χ2n) is 6.39. The third-order valence-electron chi connectivity index (χ3n) is 4.05. The molecule has 13 nitrogen and oxygen atoms in total. The zero-order valence-electron chi connectivity index (χ0n) is 15.7. The van der Waals surface area contributed by atoms with E-state index in [1.807, 2.05) is 0 Å². The van der Waals surface area contributed by atoms with Crippen molar-refractivity contribution in [1.29, 1.82) is 0 Å². The molecule has 0 aliphatic heterocycles. The number of aromatic amines is 1.